The fourth-order valence-electron chi connectivity index (χ4n) is 3.67. The normalized spacial score (nSPS) is 15.4. The van der Waals surface area contributed by atoms with Crippen LogP contribution in [0.2, 0.25) is 0 Å². The summed E-state index contributed by atoms with van der Waals surface area (Å²) in [5.74, 6) is 1.15. The maximum atomic E-state index is 12.4. The summed E-state index contributed by atoms with van der Waals surface area (Å²) in [4.78, 5) is 14.9. The number of hydrogen-bond acceptors (Lipinski definition) is 3. The average molecular weight is 381 g/mol. The average Bonchev–Trinajstić information content (AvgIpc) is 2.70. The van der Waals surface area contributed by atoms with Crippen LogP contribution in [-0.4, -0.2) is 37.0 Å². The zero-order valence-corrected chi connectivity index (χ0v) is 17.3. The lowest BCUT2D eigenvalue weighted by Crippen LogP contribution is -2.41. The van der Waals surface area contributed by atoms with Crippen LogP contribution in [0.15, 0.2) is 42.5 Å². The van der Waals surface area contributed by atoms with Crippen LogP contribution in [0.4, 0.5) is 0 Å². The Kier molecular flexibility index (Phi) is 7.10. The maximum Gasteiger partial charge on any atom is 0.223 e. The molecule has 0 bridgehead atoms. The van der Waals surface area contributed by atoms with E-state index in [0.717, 1.165) is 38.2 Å². The molecule has 1 aliphatic rings. The van der Waals surface area contributed by atoms with Gasteiger partial charge in [-0.25, -0.2) is 0 Å². The molecule has 1 saturated heterocycles. The van der Waals surface area contributed by atoms with Gasteiger partial charge in [0.05, 0.1) is 6.54 Å². The molecule has 28 heavy (non-hydrogen) atoms. The lowest BCUT2D eigenvalue weighted by Gasteiger charge is -2.31. The van der Waals surface area contributed by atoms with E-state index in [1.165, 1.54) is 22.3 Å². The van der Waals surface area contributed by atoms with Gasteiger partial charge in [0.1, 0.15) is 12.4 Å². The van der Waals surface area contributed by atoms with Gasteiger partial charge in [0, 0.05) is 12.5 Å². The lowest BCUT2D eigenvalue weighted by molar-refractivity contribution is -0.126. The van der Waals surface area contributed by atoms with Crippen molar-refractivity contribution in [3.63, 3.8) is 0 Å². The van der Waals surface area contributed by atoms with Crippen molar-refractivity contribution in [1.82, 2.24) is 10.2 Å². The molecule has 4 nitrogen and oxygen atoms in total. The number of ether oxygens (including phenoxy) is 1. The summed E-state index contributed by atoms with van der Waals surface area (Å²) < 4.78 is 5.75. The van der Waals surface area contributed by atoms with Gasteiger partial charge >= 0.3 is 0 Å². The Morgan fingerprint density at radius 2 is 1.79 bits per heavy atom. The molecule has 1 amide bonds. The van der Waals surface area contributed by atoms with E-state index in [0.29, 0.717) is 13.2 Å². The van der Waals surface area contributed by atoms with E-state index in [9.17, 15) is 4.79 Å². The Morgan fingerprint density at radius 3 is 2.50 bits per heavy atom. The van der Waals surface area contributed by atoms with Crippen LogP contribution in [0.1, 0.15) is 35.1 Å². The van der Waals surface area contributed by atoms with Gasteiger partial charge in [0.15, 0.2) is 0 Å². The van der Waals surface area contributed by atoms with Gasteiger partial charge in [0.2, 0.25) is 5.91 Å². The second-order valence-electron chi connectivity index (χ2n) is 7.86. The third kappa shape index (κ3) is 5.59. The van der Waals surface area contributed by atoms with E-state index < -0.39 is 0 Å². The second kappa shape index (κ2) is 9.74. The number of hydrogen-bond donors (Lipinski definition) is 1. The number of rotatable bonds is 7. The SMILES string of the molecule is Cc1ccc(OCCNC(=O)C2CCN(Cc3ccccc3C)CC2)cc1C. The van der Waals surface area contributed by atoms with E-state index in [1.807, 2.05) is 12.1 Å². The number of piperidine rings is 1. The zero-order chi connectivity index (χ0) is 19.9. The van der Waals surface area contributed by atoms with Crippen LogP contribution in [-0.2, 0) is 11.3 Å². The standard InChI is InChI=1S/C24H32N2O2/c1-18-8-9-23(16-20(18)3)28-15-12-25-24(27)21-10-13-26(14-11-21)17-22-7-5-4-6-19(22)2/h4-9,16,21H,10-15,17H2,1-3H3,(H,25,27). The first-order valence-corrected chi connectivity index (χ1v) is 10.3. The van der Waals surface area contributed by atoms with Crippen LogP contribution >= 0.6 is 0 Å². The molecule has 150 valence electrons. The fraction of sp³-hybridized carbons (Fsp3) is 0.458. The first kappa shape index (κ1) is 20.4. The van der Waals surface area contributed by atoms with Gasteiger partial charge in [0.25, 0.3) is 0 Å². The van der Waals surface area contributed by atoms with Gasteiger partial charge in [-0.2, -0.15) is 0 Å². The summed E-state index contributed by atoms with van der Waals surface area (Å²) in [6, 6.07) is 14.6. The Balaban J connectivity index is 1.36. The molecule has 1 N–H and O–H groups in total. The number of benzene rings is 2. The Bertz CT molecular complexity index is 795. The Hall–Kier alpha value is -2.33. The van der Waals surface area contributed by atoms with Crippen LogP contribution in [0.5, 0.6) is 5.75 Å². The van der Waals surface area contributed by atoms with Crippen molar-refractivity contribution < 1.29 is 9.53 Å². The summed E-state index contributed by atoms with van der Waals surface area (Å²) in [6.07, 6.45) is 1.85. The molecular weight excluding hydrogens is 348 g/mol. The molecule has 0 saturated carbocycles. The summed E-state index contributed by atoms with van der Waals surface area (Å²) in [5, 5.41) is 3.04. The van der Waals surface area contributed by atoms with Gasteiger partial charge in [-0.15, -0.1) is 0 Å². The summed E-state index contributed by atoms with van der Waals surface area (Å²) >= 11 is 0. The Morgan fingerprint density at radius 1 is 1.04 bits per heavy atom. The van der Waals surface area contributed by atoms with E-state index >= 15 is 0 Å². The molecule has 4 heteroatoms. The number of nitrogens with one attached hydrogen (secondary N) is 1. The highest BCUT2D eigenvalue weighted by molar-refractivity contribution is 5.78. The van der Waals surface area contributed by atoms with Crippen molar-refractivity contribution >= 4 is 5.91 Å². The van der Waals surface area contributed by atoms with Crippen molar-refractivity contribution in [2.45, 2.75) is 40.2 Å². The summed E-state index contributed by atoms with van der Waals surface area (Å²) in [7, 11) is 0. The molecule has 0 spiro atoms. The number of likely N-dealkylation sites (tertiary alicyclic amines) is 1. The molecule has 0 unspecified atom stereocenters. The third-order valence-electron chi connectivity index (χ3n) is 5.76. The molecule has 0 aliphatic carbocycles. The van der Waals surface area contributed by atoms with Gasteiger partial charge < -0.3 is 10.1 Å². The van der Waals surface area contributed by atoms with Crippen molar-refractivity contribution in [2.75, 3.05) is 26.2 Å². The molecule has 2 aromatic rings. The molecule has 2 aromatic carbocycles. The van der Waals surface area contributed by atoms with E-state index in [1.54, 1.807) is 0 Å². The Labute approximate surface area is 168 Å². The molecule has 1 heterocycles. The molecule has 0 atom stereocenters. The maximum absolute atomic E-state index is 12.4. The summed E-state index contributed by atoms with van der Waals surface area (Å²) in [5.41, 5.74) is 5.20. The highest BCUT2D eigenvalue weighted by Gasteiger charge is 2.24. The lowest BCUT2D eigenvalue weighted by atomic mass is 9.95. The number of carbonyl (C=O) groups is 1. The third-order valence-corrected chi connectivity index (χ3v) is 5.76. The predicted octanol–water partition coefficient (Wildman–Crippen LogP) is 4.02. The van der Waals surface area contributed by atoms with Crippen molar-refractivity contribution in [1.29, 1.82) is 0 Å². The van der Waals surface area contributed by atoms with Crippen molar-refractivity contribution in [3.05, 3.63) is 64.7 Å². The quantitative estimate of drug-likeness (QED) is 0.738. The molecule has 0 aromatic heterocycles. The van der Waals surface area contributed by atoms with Crippen molar-refractivity contribution in [3.8, 4) is 5.75 Å². The monoisotopic (exact) mass is 380 g/mol. The first-order valence-electron chi connectivity index (χ1n) is 10.3. The van der Waals surface area contributed by atoms with Gasteiger partial charge in [-0.1, -0.05) is 30.3 Å². The second-order valence-corrected chi connectivity index (χ2v) is 7.86. The molecule has 1 fully saturated rings. The molecule has 0 radical (unpaired) electrons. The van der Waals surface area contributed by atoms with E-state index in [-0.39, 0.29) is 11.8 Å². The van der Waals surface area contributed by atoms with Crippen LogP contribution in [0.25, 0.3) is 0 Å². The fourth-order valence-corrected chi connectivity index (χ4v) is 3.67. The molecular formula is C24H32N2O2. The van der Waals surface area contributed by atoms with E-state index in [2.05, 4.69) is 61.3 Å². The van der Waals surface area contributed by atoms with Crippen LogP contribution < -0.4 is 10.1 Å². The van der Waals surface area contributed by atoms with Crippen LogP contribution in [0.3, 0.4) is 0 Å². The number of amides is 1. The number of nitrogens with zero attached hydrogens (tertiary/aromatic N) is 1. The largest absolute Gasteiger partial charge is 0.492 e. The highest BCUT2D eigenvalue weighted by Crippen LogP contribution is 2.20. The molecule has 3 rings (SSSR count). The highest BCUT2D eigenvalue weighted by atomic mass is 16.5. The topological polar surface area (TPSA) is 41.6 Å². The minimum absolute atomic E-state index is 0.120. The van der Waals surface area contributed by atoms with Crippen LogP contribution in [0, 0.1) is 26.7 Å². The number of carbonyl (C=O) groups excluding carboxylic acids is 1. The van der Waals surface area contributed by atoms with Gasteiger partial charge in [-0.3, -0.25) is 9.69 Å². The number of aryl methyl sites for hydroxylation is 3. The zero-order valence-electron chi connectivity index (χ0n) is 17.3. The summed E-state index contributed by atoms with van der Waals surface area (Å²) in [6.45, 7) is 10.3. The van der Waals surface area contributed by atoms with Gasteiger partial charge in [-0.05, 0) is 81.1 Å². The van der Waals surface area contributed by atoms with Crippen molar-refractivity contribution in [2.24, 2.45) is 5.92 Å². The minimum atomic E-state index is 0.120. The van der Waals surface area contributed by atoms with E-state index in [4.69, 9.17) is 4.74 Å². The molecule has 1 aliphatic heterocycles. The first-order chi connectivity index (χ1) is 13.5. The minimum Gasteiger partial charge on any atom is -0.492 e. The predicted molar refractivity (Wildman–Crippen MR) is 114 cm³/mol. The smallest absolute Gasteiger partial charge is 0.223 e.